The van der Waals surface area contributed by atoms with Gasteiger partial charge in [0.1, 0.15) is 17.4 Å². The summed E-state index contributed by atoms with van der Waals surface area (Å²) in [6.07, 6.45) is 2.42. The number of aromatic amines is 1. The summed E-state index contributed by atoms with van der Waals surface area (Å²) >= 11 is 0. The first-order valence-corrected chi connectivity index (χ1v) is 6.45. The van der Waals surface area contributed by atoms with Crippen molar-refractivity contribution in [2.24, 2.45) is 5.92 Å². The monoisotopic (exact) mass is 249 g/mol. The summed E-state index contributed by atoms with van der Waals surface area (Å²) < 4.78 is 0. The normalized spacial score (nSPS) is 16.9. The molecule has 1 aliphatic rings. The molecule has 1 saturated heterocycles. The molecule has 1 aliphatic heterocycles. The lowest BCUT2D eigenvalue weighted by atomic mass is 9.93. The van der Waals surface area contributed by atoms with Crippen LogP contribution in [0, 0.1) is 5.92 Å². The van der Waals surface area contributed by atoms with Gasteiger partial charge in [0.25, 0.3) is 5.56 Å². The molecular weight excluding hydrogens is 230 g/mol. The molecule has 0 aromatic carbocycles. The second kappa shape index (κ2) is 5.33. The molecule has 1 aromatic rings. The number of H-pyrrole nitrogens is 1. The van der Waals surface area contributed by atoms with Crippen molar-refractivity contribution in [2.75, 3.05) is 18.0 Å². The summed E-state index contributed by atoms with van der Waals surface area (Å²) in [4.78, 5) is 32.1. The summed E-state index contributed by atoms with van der Waals surface area (Å²) in [5.41, 5.74) is -0.106. The van der Waals surface area contributed by atoms with Crippen molar-refractivity contribution >= 4 is 11.6 Å². The van der Waals surface area contributed by atoms with E-state index in [1.807, 2.05) is 6.92 Å². The van der Waals surface area contributed by atoms with Crippen LogP contribution in [0.25, 0.3) is 0 Å². The van der Waals surface area contributed by atoms with Gasteiger partial charge in [-0.25, -0.2) is 4.98 Å². The average molecular weight is 249 g/mol. The number of rotatable bonds is 3. The van der Waals surface area contributed by atoms with Crippen molar-refractivity contribution in [3.8, 4) is 0 Å². The minimum atomic E-state index is -0.106. The Morgan fingerprint density at radius 2 is 2.17 bits per heavy atom. The van der Waals surface area contributed by atoms with E-state index < -0.39 is 0 Å². The molecule has 0 unspecified atom stereocenters. The molecule has 2 rings (SSSR count). The first-order valence-electron chi connectivity index (χ1n) is 6.45. The minimum Gasteiger partial charge on any atom is -0.356 e. The van der Waals surface area contributed by atoms with Gasteiger partial charge in [0.05, 0.1) is 0 Å². The SMILES string of the molecule is CCc1nc(N2CCC(C(C)=O)CC2)cc(=O)[nH]1. The van der Waals surface area contributed by atoms with Crippen LogP contribution in [0.1, 0.15) is 32.5 Å². The molecule has 0 saturated carbocycles. The third-order valence-corrected chi connectivity index (χ3v) is 3.51. The lowest BCUT2D eigenvalue weighted by Gasteiger charge is -2.31. The number of hydrogen-bond donors (Lipinski definition) is 1. The van der Waals surface area contributed by atoms with Crippen LogP contribution >= 0.6 is 0 Å². The molecule has 0 bridgehead atoms. The number of carbonyl (C=O) groups is 1. The highest BCUT2D eigenvalue weighted by Gasteiger charge is 2.23. The van der Waals surface area contributed by atoms with Crippen molar-refractivity contribution in [2.45, 2.75) is 33.1 Å². The van der Waals surface area contributed by atoms with Crippen molar-refractivity contribution in [3.05, 3.63) is 22.2 Å². The van der Waals surface area contributed by atoms with Gasteiger partial charge in [-0.1, -0.05) is 6.92 Å². The Morgan fingerprint density at radius 1 is 1.50 bits per heavy atom. The third-order valence-electron chi connectivity index (χ3n) is 3.51. The quantitative estimate of drug-likeness (QED) is 0.872. The maximum absolute atomic E-state index is 11.5. The van der Waals surface area contributed by atoms with E-state index in [2.05, 4.69) is 14.9 Å². The highest BCUT2D eigenvalue weighted by molar-refractivity contribution is 5.78. The number of Topliss-reactive ketones (excluding diaryl/α,β-unsaturated/α-hetero) is 1. The molecule has 5 nitrogen and oxygen atoms in total. The molecular formula is C13H19N3O2. The first kappa shape index (κ1) is 12.8. The molecule has 98 valence electrons. The van der Waals surface area contributed by atoms with Gasteiger partial charge >= 0.3 is 0 Å². The number of nitrogens with one attached hydrogen (secondary N) is 1. The number of piperidine rings is 1. The van der Waals surface area contributed by atoms with Gasteiger partial charge in [0.2, 0.25) is 0 Å². The van der Waals surface area contributed by atoms with E-state index in [1.54, 1.807) is 6.92 Å². The van der Waals surface area contributed by atoms with E-state index >= 15 is 0 Å². The summed E-state index contributed by atoms with van der Waals surface area (Å²) in [6, 6.07) is 1.53. The number of hydrogen-bond acceptors (Lipinski definition) is 4. The molecule has 0 spiro atoms. The zero-order valence-corrected chi connectivity index (χ0v) is 10.9. The maximum Gasteiger partial charge on any atom is 0.252 e. The molecule has 0 atom stereocenters. The largest absolute Gasteiger partial charge is 0.356 e. The fraction of sp³-hybridized carbons (Fsp3) is 0.615. The van der Waals surface area contributed by atoms with Crippen LogP contribution in [-0.4, -0.2) is 28.8 Å². The highest BCUT2D eigenvalue weighted by atomic mass is 16.1. The summed E-state index contributed by atoms with van der Waals surface area (Å²) in [5.74, 6) is 1.89. The molecule has 2 heterocycles. The van der Waals surface area contributed by atoms with E-state index in [0.29, 0.717) is 12.2 Å². The topological polar surface area (TPSA) is 66.1 Å². The summed E-state index contributed by atoms with van der Waals surface area (Å²) in [5, 5.41) is 0. The van der Waals surface area contributed by atoms with Crippen LogP contribution in [0.4, 0.5) is 5.82 Å². The molecule has 0 aliphatic carbocycles. The Bertz CT molecular complexity index is 487. The van der Waals surface area contributed by atoms with Crippen LogP contribution in [0.5, 0.6) is 0 Å². The minimum absolute atomic E-state index is 0.106. The fourth-order valence-corrected chi connectivity index (χ4v) is 2.34. The van der Waals surface area contributed by atoms with E-state index in [4.69, 9.17) is 0 Å². The Balaban J connectivity index is 2.12. The Kier molecular flexibility index (Phi) is 3.79. The van der Waals surface area contributed by atoms with Crippen LogP contribution in [0.3, 0.4) is 0 Å². The standard InChI is InChI=1S/C13H19N3O2/c1-3-11-14-12(8-13(18)15-11)16-6-4-10(5-7-16)9(2)17/h8,10H,3-7H2,1-2H3,(H,14,15,18). The number of carbonyl (C=O) groups excluding carboxylic acids is 1. The predicted molar refractivity (Wildman–Crippen MR) is 69.9 cm³/mol. The van der Waals surface area contributed by atoms with Gasteiger partial charge in [0, 0.05) is 31.5 Å². The molecule has 18 heavy (non-hydrogen) atoms. The van der Waals surface area contributed by atoms with Gasteiger partial charge in [-0.05, 0) is 19.8 Å². The molecule has 5 heteroatoms. The third kappa shape index (κ3) is 2.78. The summed E-state index contributed by atoms with van der Waals surface area (Å²) in [6.45, 7) is 5.21. The summed E-state index contributed by atoms with van der Waals surface area (Å²) in [7, 11) is 0. The molecule has 0 amide bonds. The average Bonchev–Trinajstić information content (AvgIpc) is 2.38. The van der Waals surface area contributed by atoms with Crippen molar-refractivity contribution in [3.63, 3.8) is 0 Å². The van der Waals surface area contributed by atoms with Gasteiger partial charge in [-0.3, -0.25) is 9.59 Å². The van der Waals surface area contributed by atoms with E-state index in [9.17, 15) is 9.59 Å². The molecule has 1 aromatic heterocycles. The van der Waals surface area contributed by atoms with Gasteiger partial charge in [-0.15, -0.1) is 0 Å². The van der Waals surface area contributed by atoms with Gasteiger partial charge < -0.3 is 9.88 Å². The number of nitrogens with zero attached hydrogens (tertiary/aromatic N) is 2. The lowest BCUT2D eigenvalue weighted by Crippen LogP contribution is -2.37. The van der Waals surface area contributed by atoms with E-state index in [0.717, 1.165) is 31.7 Å². The van der Waals surface area contributed by atoms with Crippen molar-refractivity contribution in [1.82, 2.24) is 9.97 Å². The smallest absolute Gasteiger partial charge is 0.252 e. The number of ketones is 1. The maximum atomic E-state index is 11.5. The van der Waals surface area contributed by atoms with E-state index in [1.165, 1.54) is 6.07 Å². The second-order valence-corrected chi connectivity index (χ2v) is 4.78. The number of aromatic nitrogens is 2. The zero-order valence-electron chi connectivity index (χ0n) is 10.9. The van der Waals surface area contributed by atoms with E-state index in [-0.39, 0.29) is 17.3 Å². The van der Waals surface area contributed by atoms with Crippen LogP contribution in [-0.2, 0) is 11.2 Å². The van der Waals surface area contributed by atoms with Crippen LogP contribution < -0.4 is 10.5 Å². The zero-order chi connectivity index (χ0) is 13.1. The Labute approximate surface area is 106 Å². The Morgan fingerprint density at radius 3 is 2.72 bits per heavy atom. The highest BCUT2D eigenvalue weighted by Crippen LogP contribution is 2.21. The Hall–Kier alpha value is -1.65. The van der Waals surface area contributed by atoms with Crippen LogP contribution in [0.15, 0.2) is 10.9 Å². The van der Waals surface area contributed by atoms with Crippen molar-refractivity contribution in [1.29, 1.82) is 0 Å². The molecule has 1 fully saturated rings. The predicted octanol–water partition coefficient (Wildman–Crippen LogP) is 1.14. The molecule has 0 radical (unpaired) electrons. The first-order chi connectivity index (χ1) is 8.60. The number of aryl methyl sites for hydroxylation is 1. The van der Waals surface area contributed by atoms with Crippen LogP contribution in [0.2, 0.25) is 0 Å². The van der Waals surface area contributed by atoms with Gasteiger partial charge in [0.15, 0.2) is 0 Å². The molecule has 1 N–H and O–H groups in total. The van der Waals surface area contributed by atoms with Crippen molar-refractivity contribution < 1.29 is 4.79 Å². The number of anilines is 1. The lowest BCUT2D eigenvalue weighted by molar-refractivity contribution is -0.121. The van der Waals surface area contributed by atoms with Gasteiger partial charge in [-0.2, -0.15) is 0 Å². The fourth-order valence-electron chi connectivity index (χ4n) is 2.34. The second-order valence-electron chi connectivity index (χ2n) is 4.78.